The van der Waals surface area contributed by atoms with Crippen LogP contribution in [0, 0.1) is 0 Å². The standard InChI is InChI=1S/C11H2F22O4/c12-1(34)2(13,5(16,17)18)35-9(28,29)3(14,6(19,20)21)36-10(30,31)4(15,7(22,23)24)37-11(32,33)8(25,26)27/h1,34H. The Kier molecular flexibility index (Phi) is 8.78. The topological polar surface area (TPSA) is 47.9 Å². The van der Waals surface area contributed by atoms with E-state index in [2.05, 4.69) is 0 Å². The monoisotopic (exact) mass is 616 g/mol. The molecule has 0 heterocycles. The minimum atomic E-state index is -8.55. The summed E-state index contributed by atoms with van der Waals surface area (Å²) < 4.78 is 285. The Hall–Kier alpha value is -1.70. The van der Waals surface area contributed by atoms with Crippen molar-refractivity contribution in [2.75, 3.05) is 0 Å². The lowest BCUT2D eigenvalue weighted by Crippen LogP contribution is -2.70. The van der Waals surface area contributed by atoms with Crippen molar-refractivity contribution in [3.8, 4) is 0 Å². The summed E-state index contributed by atoms with van der Waals surface area (Å²) in [5.41, 5.74) is 0. The van der Waals surface area contributed by atoms with E-state index in [0.29, 0.717) is 0 Å². The summed E-state index contributed by atoms with van der Waals surface area (Å²) in [6.45, 7) is 0. The van der Waals surface area contributed by atoms with Gasteiger partial charge < -0.3 is 5.11 Å². The highest BCUT2D eigenvalue weighted by Gasteiger charge is 2.87. The third kappa shape index (κ3) is 6.15. The second-order valence-corrected chi connectivity index (χ2v) is 6.02. The highest BCUT2D eigenvalue weighted by Crippen LogP contribution is 2.58. The van der Waals surface area contributed by atoms with Gasteiger partial charge in [-0.3, -0.25) is 14.2 Å². The van der Waals surface area contributed by atoms with Crippen LogP contribution in [-0.2, 0) is 14.2 Å². The first-order chi connectivity index (χ1) is 15.6. The number of hydrogen-bond donors (Lipinski definition) is 1. The van der Waals surface area contributed by atoms with Crippen molar-refractivity contribution in [2.45, 2.75) is 67.0 Å². The molecule has 224 valence electrons. The Morgan fingerprint density at radius 2 is 0.649 bits per heavy atom. The number of aliphatic hydroxyl groups is 1. The summed E-state index contributed by atoms with van der Waals surface area (Å²) in [7, 11) is 0. The number of ether oxygens (including phenoxy) is 3. The lowest BCUT2D eigenvalue weighted by Gasteiger charge is -2.42. The number of rotatable bonds is 9. The van der Waals surface area contributed by atoms with Crippen LogP contribution in [0.15, 0.2) is 0 Å². The Labute approximate surface area is 184 Å². The van der Waals surface area contributed by atoms with Crippen LogP contribution in [0.25, 0.3) is 0 Å². The number of hydrogen-bond acceptors (Lipinski definition) is 4. The van der Waals surface area contributed by atoms with Crippen molar-refractivity contribution in [1.82, 2.24) is 0 Å². The van der Waals surface area contributed by atoms with E-state index in [4.69, 9.17) is 5.11 Å². The smallest absolute Gasteiger partial charge is 0.359 e. The number of aliphatic hydroxyl groups excluding tert-OH is 1. The summed E-state index contributed by atoms with van der Waals surface area (Å²) in [5, 5.41) is 7.88. The highest BCUT2D eigenvalue weighted by molar-refractivity contribution is 4.96. The molecule has 0 radical (unpaired) electrons. The molecule has 26 heteroatoms. The molecule has 0 spiro atoms. The van der Waals surface area contributed by atoms with Gasteiger partial charge in [-0.1, -0.05) is 0 Å². The van der Waals surface area contributed by atoms with E-state index < -0.39 is 67.0 Å². The average Bonchev–Trinajstić information content (AvgIpc) is 2.55. The van der Waals surface area contributed by atoms with Crippen molar-refractivity contribution >= 4 is 0 Å². The van der Waals surface area contributed by atoms with Crippen LogP contribution in [0.3, 0.4) is 0 Å². The van der Waals surface area contributed by atoms with Gasteiger partial charge in [0.05, 0.1) is 0 Å². The van der Waals surface area contributed by atoms with Crippen LogP contribution in [0.1, 0.15) is 0 Å². The van der Waals surface area contributed by atoms with Crippen LogP contribution >= 0.6 is 0 Å². The lowest BCUT2D eigenvalue weighted by atomic mass is 10.2. The molecule has 0 aromatic heterocycles. The van der Waals surface area contributed by atoms with E-state index in [1.165, 1.54) is 4.74 Å². The largest absolute Gasteiger partial charge is 0.483 e. The van der Waals surface area contributed by atoms with Crippen LogP contribution in [-0.4, -0.2) is 72.1 Å². The molecule has 37 heavy (non-hydrogen) atoms. The summed E-state index contributed by atoms with van der Waals surface area (Å²) in [6.07, 6.45) is -62.0. The molecule has 0 aromatic rings. The zero-order valence-electron chi connectivity index (χ0n) is 15.6. The SMILES string of the molecule is OC(F)C(F)(OC(F)(F)C(F)(OC(F)(F)C(F)(OC(F)(F)C(F)(F)F)C(F)(F)F)C(F)(F)F)C(F)(F)F. The molecule has 4 nitrogen and oxygen atoms in total. The van der Waals surface area contributed by atoms with E-state index in [9.17, 15) is 96.6 Å². The molecular formula is C11H2F22O4. The van der Waals surface area contributed by atoms with Gasteiger partial charge >= 0.3 is 60.6 Å². The molecule has 0 fully saturated rings. The Balaban J connectivity index is 7.07. The lowest BCUT2D eigenvalue weighted by molar-refractivity contribution is -0.581. The van der Waals surface area contributed by atoms with E-state index in [0.717, 1.165) is 9.47 Å². The zero-order chi connectivity index (χ0) is 30.7. The fourth-order valence-electron chi connectivity index (χ4n) is 1.54. The molecule has 1 N–H and O–H groups in total. The summed E-state index contributed by atoms with van der Waals surface area (Å²) in [5.74, 6) is -24.2. The molecule has 0 aliphatic heterocycles. The van der Waals surface area contributed by atoms with E-state index >= 15 is 0 Å². The van der Waals surface area contributed by atoms with Crippen molar-refractivity contribution in [3.63, 3.8) is 0 Å². The van der Waals surface area contributed by atoms with E-state index in [-0.39, 0.29) is 0 Å². The number of alkyl halides is 22. The molecule has 0 aliphatic carbocycles. The molecule has 0 bridgehead atoms. The molecule has 0 rings (SSSR count). The molecule has 0 aliphatic rings. The predicted molar refractivity (Wildman–Crippen MR) is 60.9 cm³/mol. The third-order valence-corrected chi connectivity index (χ3v) is 3.32. The average molecular weight is 616 g/mol. The van der Waals surface area contributed by atoms with Crippen LogP contribution in [0.5, 0.6) is 0 Å². The van der Waals surface area contributed by atoms with Gasteiger partial charge in [-0.05, 0) is 0 Å². The van der Waals surface area contributed by atoms with Crippen molar-refractivity contribution < 1.29 is 116 Å². The molecular weight excluding hydrogens is 614 g/mol. The van der Waals surface area contributed by atoms with Crippen molar-refractivity contribution in [1.29, 1.82) is 0 Å². The van der Waals surface area contributed by atoms with Crippen molar-refractivity contribution in [3.05, 3.63) is 0 Å². The van der Waals surface area contributed by atoms with Gasteiger partial charge in [0.2, 0.25) is 0 Å². The van der Waals surface area contributed by atoms with Crippen LogP contribution < -0.4 is 0 Å². The summed E-state index contributed by atoms with van der Waals surface area (Å²) in [6, 6.07) is 0. The van der Waals surface area contributed by atoms with Crippen LogP contribution in [0.2, 0.25) is 0 Å². The minimum absolute atomic E-state index is 1.08. The van der Waals surface area contributed by atoms with Gasteiger partial charge in [-0.15, -0.1) is 0 Å². The maximum Gasteiger partial charge on any atom is 0.483 e. The molecule has 0 saturated heterocycles. The maximum atomic E-state index is 13.9. The predicted octanol–water partition coefficient (Wildman–Crippen LogP) is 6.35. The molecule has 0 amide bonds. The normalized spacial score (nSPS) is 21.2. The quantitative estimate of drug-likeness (QED) is 0.307. The van der Waals surface area contributed by atoms with Crippen LogP contribution in [0.4, 0.5) is 96.6 Å². The molecule has 4 atom stereocenters. The Morgan fingerprint density at radius 3 is 0.865 bits per heavy atom. The fraction of sp³-hybridized carbons (Fsp3) is 1.00. The first-order valence-electron chi connectivity index (χ1n) is 7.46. The first kappa shape index (κ1) is 35.3. The fourth-order valence-corrected chi connectivity index (χ4v) is 1.54. The molecule has 0 saturated carbocycles. The van der Waals surface area contributed by atoms with Gasteiger partial charge in [0, 0.05) is 0 Å². The van der Waals surface area contributed by atoms with Gasteiger partial charge in [0.25, 0.3) is 6.36 Å². The molecule has 0 aromatic carbocycles. The zero-order valence-corrected chi connectivity index (χ0v) is 15.6. The number of halogens is 22. The summed E-state index contributed by atoms with van der Waals surface area (Å²) in [4.78, 5) is 0. The second-order valence-electron chi connectivity index (χ2n) is 6.02. The van der Waals surface area contributed by atoms with Gasteiger partial charge in [-0.25, -0.2) is 4.39 Å². The first-order valence-corrected chi connectivity index (χ1v) is 7.46. The summed E-state index contributed by atoms with van der Waals surface area (Å²) >= 11 is 0. The van der Waals surface area contributed by atoms with Gasteiger partial charge in [-0.2, -0.15) is 92.2 Å². The minimum Gasteiger partial charge on any atom is -0.359 e. The highest BCUT2D eigenvalue weighted by atomic mass is 19.4. The van der Waals surface area contributed by atoms with E-state index in [1.807, 2.05) is 0 Å². The van der Waals surface area contributed by atoms with Crippen molar-refractivity contribution in [2.24, 2.45) is 0 Å². The van der Waals surface area contributed by atoms with Gasteiger partial charge in [0.15, 0.2) is 0 Å². The molecule has 4 unspecified atom stereocenters. The third-order valence-electron chi connectivity index (χ3n) is 3.32. The van der Waals surface area contributed by atoms with Gasteiger partial charge in [0.1, 0.15) is 0 Å². The van der Waals surface area contributed by atoms with E-state index in [1.54, 1.807) is 0 Å². The maximum absolute atomic E-state index is 13.9. The second kappa shape index (κ2) is 9.20. The Morgan fingerprint density at radius 1 is 0.378 bits per heavy atom. The Bertz CT molecular complexity index is 794.